The number of phosphoric acid groups is 1. The number of nitrogens with zero attached hydrogens (tertiary/aromatic N) is 4. The lowest BCUT2D eigenvalue weighted by Gasteiger charge is -2.24. The number of nitrogens with two attached hydrogens (primary N) is 1. The number of hydrogen-bond donors (Lipinski definition) is 4. The molecule has 3 heterocycles. The zero-order chi connectivity index (χ0) is 40.9. The van der Waals surface area contributed by atoms with Crippen LogP contribution in [-0.2, 0) is 29.7 Å². The number of aromatic nitrogens is 3. The molecule has 1 saturated carbocycles. The zero-order valence-electron chi connectivity index (χ0n) is 34.0. The largest absolute Gasteiger partial charge is 0.495 e. The van der Waals surface area contributed by atoms with E-state index in [4.69, 9.17) is 29.0 Å². The van der Waals surface area contributed by atoms with E-state index in [0.717, 1.165) is 24.8 Å². The van der Waals surface area contributed by atoms with E-state index in [-0.39, 0.29) is 19.0 Å². The standard InChI is InChI=1S/C42H64N5O9P/c1-4-5-6-7-8-9-10-11-12-13-14-15-16-17-18-19-20-21-33(53-28-31-22-23-32(27-43)36(26-31)52-3)29-54-57(50,51)56-40-41(2)42(40,49)38(48)37(55-41)34-24-25-35-39(44)45-30-46-47(34)35/h22-26,30,33,37-38,40,48-49H,4-21,28-29H2,1-3H3,(H,50,51)(H2,44,45,46)/t33-,37+,38+,40?,41-,42-/m1/s1. The number of hydrogen-bond acceptors (Lipinski definition) is 12. The normalized spacial score (nSPS) is 24.3. The maximum absolute atomic E-state index is 13.3. The third-order valence-electron chi connectivity index (χ3n) is 11.7. The van der Waals surface area contributed by atoms with Crippen molar-refractivity contribution in [2.75, 3.05) is 19.5 Å². The van der Waals surface area contributed by atoms with Crippen LogP contribution in [0.4, 0.5) is 5.82 Å². The molecule has 2 aromatic heterocycles. The number of aliphatic hydroxyl groups is 2. The zero-order valence-corrected chi connectivity index (χ0v) is 34.9. The summed E-state index contributed by atoms with van der Waals surface area (Å²) >= 11 is 0. The molecule has 0 spiro atoms. The number of phosphoric ester groups is 1. The topological polar surface area (TPSA) is 204 Å². The number of rotatable bonds is 28. The Morgan fingerprint density at radius 1 is 0.982 bits per heavy atom. The molecule has 0 amide bonds. The van der Waals surface area contributed by atoms with Crippen LogP contribution in [-0.4, -0.2) is 72.9 Å². The van der Waals surface area contributed by atoms with E-state index in [9.17, 15) is 24.9 Å². The fourth-order valence-electron chi connectivity index (χ4n) is 8.10. The maximum Gasteiger partial charge on any atom is 0.472 e. The molecule has 316 valence electrons. The summed E-state index contributed by atoms with van der Waals surface area (Å²) in [6.45, 7) is 3.69. The smallest absolute Gasteiger partial charge is 0.472 e. The van der Waals surface area contributed by atoms with E-state index < -0.39 is 43.4 Å². The monoisotopic (exact) mass is 813 g/mol. The molecule has 2 unspecified atom stereocenters. The first-order chi connectivity index (χ1) is 27.5. The van der Waals surface area contributed by atoms with Crippen molar-refractivity contribution in [1.29, 1.82) is 5.26 Å². The Morgan fingerprint density at radius 2 is 1.60 bits per heavy atom. The summed E-state index contributed by atoms with van der Waals surface area (Å²) in [5.74, 6) is 0.672. The Bertz CT molecular complexity index is 1800. The van der Waals surface area contributed by atoms with Crippen molar-refractivity contribution in [3.8, 4) is 11.8 Å². The lowest BCUT2D eigenvalue weighted by atomic mass is 10.0. The Kier molecular flexibility index (Phi) is 16.7. The van der Waals surface area contributed by atoms with Crippen LogP contribution in [0.1, 0.15) is 152 Å². The van der Waals surface area contributed by atoms with Crippen LogP contribution in [0, 0.1) is 11.3 Å². The second-order valence-electron chi connectivity index (χ2n) is 15.9. The molecule has 0 radical (unpaired) electrons. The van der Waals surface area contributed by atoms with Crippen molar-refractivity contribution >= 4 is 19.2 Å². The van der Waals surface area contributed by atoms with Crippen LogP contribution in [0.5, 0.6) is 5.75 Å². The van der Waals surface area contributed by atoms with Gasteiger partial charge in [-0.2, -0.15) is 10.4 Å². The molecule has 2 fully saturated rings. The Balaban J connectivity index is 1.06. The summed E-state index contributed by atoms with van der Waals surface area (Å²) in [5, 5.41) is 36.3. The molecular formula is C42H64N5O9P. The van der Waals surface area contributed by atoms with Crippen molar-refractivity contribution in [1.82, 2.24) is 14.6 Å². The number of nitriles is 1. The molecule has 1 aliphatic carbocycles. The summed E-state index contributed by atoms with van der Waals surface area (Å²) in [6, 6.07) is 10.6. The van der Waals surface area contributed by atoms with Crippen molar-refractivity contribution in [3.63, 3.8) is 0 Å². The number of fused-ring (bicyclic) bond motifs is 2. The fraction of sp³-hybridized carbons (Fsp3) is 0.690. The SMILES string of the molecule is CCCCCCCCCCCCCCCCCCC[C@H](COP(=O)(O)OC1[C@@]2(C)O[C@@H](c3ccc4c(N)ncnn34)[C@H](O)[C@@]12O)OCc1ccc(C#N)c(OC)c1. The summed E-state index contributed by atoms with van der Waals surface area (Å²) < 4.78 is 43.3. The number of benzene rings is 1. The van der Waals surface area contributed by atoms with E-state index in [2.05, 4.69) is 23.1 Å². The molecule has 14 nitrogen and oxygen atoms in total. The molecule has 5 N–H and O–H groups in total. The quantitative estimate of drug-likeness (QED) is 0.0403. The number of unbranched alkanes of at least 4 members (excludes halogenated alkanes) is 16. The molecule has 1 aromatic carbocycles. The van der Waals surface area contributed by atoms with Gasteiger partial charge in [-0.15, -0.1) is 0 Å². The van der Waals surface area contributed by atoms with Gasteiger partial charge in [0.2, 0.25) is 0 Å². The van der Waals surface area contributed by atoms with Gasteiger partial charge < -0.3 is 35.1 Å². The second kappa shape index (κ2) is 21.2. The summed E-state index contributed by atoms with van der Waals surface area (Å²) in [7, 11) is -3.26. The maximum atomic E-state index is 13.3. The van der Waals surface area contributed by atoms with Crippen LogP contribution >= 0.6 is 7.82 Å². The molecule has 3 aromatic rings. The van der Waals surface area contributed by atoms with Crippen molar-refractivity contribution < 1.29 is 42.9 Å². The van der Waals surface area contributed by atoms with E-state index in [0.29, 0.717) is 28.9 Å². The highest BCUT2D eigenvalue weighted by Crippen LogP contribution is 2.68. The predicted octanol–water partition coefficient (Wildman–Crippen LogP) is 8.26. The first-order valence-electron chi connectivity index (χ1n) is 21.0. The second-order valence-corrected chi connectivity index (χ2v) is 17.3. The molecule has 1 aliphatic heterocycles. The predicted molar refractivity (Wildman–Crippen MR) is 216 cm³/mol. The summed E-state index contributed by atoms with van der Waals surface area (Å²) in [6.07, 6.45) is 19.0. The van der Waals surface area contributed by atoms with Crippen LogP contribution in [0.25, 0.3) is 5.52 Å². The number of nitrogen functional groups attached to an aromatic ring is 1. The third kappa shape index (κ3) is 11.3. The highest BCUT2D eigenvalue weighted by molar-refractivity contribution is 7.47. The number of ether oxygens (including phenoxy) is 3. The molecule has 57 heavy (non-hydrogen) atoms. The minimum atomic E-state index is -4.76. The van der Waals surface area contributed by atoms with Gasteiger partial charge >= 0.3 is 7.82 Å². The first-order valence-corrected chi connectivity index (χ1v) is 22.5. The minimum Gasteiger partial charge on any atom is -0.495 e. The highest BCUT2D eigenvalue weighted by Gasteiger charge is 2.87. The molecule has 0 bridgehead atoms. The number of anilines is 1. The lowest BCUT2D eigenvalue weighted by molar-refractivity contribution is -0.0816. The molecule has 2 aliphatic rings. The van der Waals surface area contributed by atoms with Crippen LogP contribution in [0.3, 0.4) is 0 Å². The molecular weight excluding hydrogens is 749 g/mol. The van der Waals surface area contributed by atoms with Gasteiger partial charge in [0.15, 0.2) is 11.4 Å². The van der Waals surface area contributed by atoms with Crippen molar-refractivity contribution in [2.45, 2.75) is 172 Å². The molecule has 7 atom stereocenters. The number of methoxy groups -OCH3 is 1. The Hall–Kier alpha value is -3.12. The van der Waals surface area contributed by atoms with Gasteiger partial charge in [0.05, 0.1) is 37.7 Å². The highest BCUT2D eigenvalue weighted by atomic mass is 31.2. The summed E-state index contributed by atoms with van der Waals surface area (Å²) in [5.41, 5.74) is 4.58. The van der Waals surface area contributed by atoms with E-state index in [1.807, 2.05) is 0 Å². The average Bonchev–Trinajstić information content (AvgIpc) is 3.45. The van der Waals surface area contributed by atoms with E-state index in [1.54, 1.807) is 30.3 Å². The van der Waals surface area contributed by atoms with Gasteiger partial charge in [-0.3, -0.25) is 9.05 Å². The Morgan fingerprint density at radius 3 is 2.16 bits per heavy atom. The van der Waals surface area contributed by atoms with Gasteiger partial charge in [-0.05, 0) is 43.2 Å². The van der Waals surface area contributed by atoms with Crippen LogP contribution in [0.15, 0.2) is 36.7 Å². The van der Waals surface area contributed by atoms with E-state index >= 15 is 0 Å². The molecule has 5 rings (SSSR count). The van der Waals surface area contributed by atoms with Crippen LogP contribution < -0.4 is 10.5 Å². The average molecular weight is 814 g/mol. The van der Waals surface area contributed by atoms with Gasteiger partial charge in [-0.25, -0.2) is 14.1 Å². The third-order valence-corrected chi connectivity index (χ3v) is 12.6. The van der Waals surface area contributed by atoms with Gasteiger partial charge in [0.1, 0.15) is 47.6 Å². The molecule has 1 saturated heterocycles. The Labute approximate surface area is 337 Å². The van der Waals surface area contributed by atoms with Crippen molar-refractivity contribution in [2.24, 2.45) is 0 Å². The van der Waals surface area contributed by atoms with Gasteiger partial charge in [0.25, 0.3) is 0 Å². The van der Waals surface area contributed by atoms with Gasteiger partial charge in [-0.1, -0.05) is 122 Å². The number of aliphatic hydroxyl groups excluding tert-OH is 1. The lowest BCUT2D eigenvalue weighted by Crippen LogP contribution is -2.35. The van der Waals surface area contributed by atoms with Crippen LogP contribution in [0.2, 0.25) is 0 Å². The summed E-state index contributed by atoms with van der Waals surface area (Å²) in [4.78, 5) is 14.8. The van der Waals surface area contributed by atoms with Gasteiger partial charge in [0, 0.05) is 0 Å². The van der Waals surface area contributed by atoms with E-state index in [1.165, 1.54) is 115 Å². The minimum absolute atomic E-state index is 0.165. The fourth-order valence-corrected chi connectivity index (χ4v) is 9.14. The molecule has 15 heteroatoms. The first kappa shape index (κ1) is 45.0. The van der Waals surface area contributed by atoms with Crippen molar-refractivity contribution in [3.05, 3.63) is 53.5 Å².